The smallest absolute Gasteiger partial charge is 0.261 e. The minimum atomic E-state index is -2.40. The van der Waals surface area contributed by atoms with Gasteiger partial charge >= 0.3 is 0 Å². The van der Waals surface area contributed by atoms with Crippen molar-refractivity contribution in [2.45, 2.75) is 62.4 Å². The van der Waals surface area contributed by atoms with E-state index in [0.717, 1.165) is 26.1 Å². The van der Waals surface area contributed by atoms with Crippen molar-refractivity contribution < 1.29 is 9.16 Å². The summed E-state index contributed by atoms with van der Waals surface area (Å²) in [6.07, 6.45) is 4.85. The molecule has 1 fully saturated rings. The lowest BCUT2D eigenvalue weighted by Crippen LogP contribution is -2.66. The Labute approximate surface area is 179 Å². The molecule has 3 rings (SSSR count). The molecule has 0 unspecified atom stereocenters. The molecule has 0 spiro atoms. The van der Waals surface area contributed by atoms with E-state index >= 15 is 0 Å². The summed E-state index contributed by atoms with van der Waals surface area (Å²) in [6, 6.07) is 21.8. The number of benzene rings is 2. The monoisotopic (exact) mass is 460 g/mol. The zero-order valence-electron chi connectivity index (χ0n) is 17.4. The van der Waals surface area contributed by atoms with Crippen LogP contribution in [-0.4, -0.2) is 32.5 Å². The fourth-order valence-electron chi connectivity index (χ4n) is 4.34. The van der Waals surface area contributed by atoms with Crippen LogP contribution in [0.3, 0.4) is 0 Å². The number of halogens is 1. The third-order valence-corrected chi connectivity index (χ3v) is 11.8. The normalized spacial score (nSPS) is 18.9. The van der Waals surface area contributed by atoms with Crippen molar-refractivity contribution in [2.24, 2.45) is 0 Å². The Kier molecular flexibility index (Phi) is 7.54. The fourth-order valence-corrected chi connectivity index (χ4v) is 9.69. The van der Waals surface area contributed by atoms with E-state index in [4.69, 9.17) is 9.16 Å². The Morgan fingerprint density at radius 3 is 2.07 bits per heavy atom. The molecule has 0 aliphatic carbocycles. The molecule has 2 atom stereocenters. The Bertz CT molecular complexity index is 669. The number of hydrogen-bond acceptors (Lipinski definition) is 2. The van der Waals surface area contributed by atoms with Gasteiger partial charge in [0.25, 0.3) is 8.32 Å². The molecule has 0 bridgehead atoms. The van der Waals surface area contributed by atoms with Crippen molar-refractivity contribution in [2.75, 3.05) is 13.2 Å². The van der Waals surface area contributed by atoms with Crippen molar-refractivity contribution in [3.05, 3.63) is 60.7 Å². The van der Waals surface area contributed by atoms with E-state index < -0.39 is 8.32 Å². The van der Waals surface area contributed by atoms with Crippen LogP contribution in [0.5, 0.6) is 0 Å². The second-order valence-corrected chi connectivity index (χ2v) is 14.2. The van der Waals surface area contributed by atoms with Crippen LogP contribution >= 0.6 is 15.9 Å². The SMILES string of the molecule is CC(C)(C)[Si](OCCC[C@@H](Br)[C@H]1CCCO1)(c1ccccc1)c1ccccc1. The van der Waals surface area contributed by atoms with Gasteiger partial charge in [0, 0.05) is 18.0 Å². The van der Waals surface area contributed by atoms with Crippen molar-refractivity contribution in [3.63, 3.8) is 0 Å². The zero-order chi connectivity index (χ0) is 20.0. The molecular weight excluding hydrogens is 428 g/mol. The second kappa shape index (κ2) is 9.71. The molecule has 0 amide bonds. The standard InChI is InChI=1S/C24H33BrO2Si/c1-24(2,3)28(20-12-6-4-7-13-20,21-14-8-5-9-15-21)27-19-10-16-22(25)23-17-11-18-26-23/h4-9,12-15,22-23H,10-11,16-19H2,1-3H3/t22-,23-/m1/s1. The Morgan fingerprint density at radius 1 is 1.04 bits per heavy atom. The first-order valence-electron chi connectivity index (χ1n) is 10.5. The maximum Gasteiger partial charge on any atom is 0.261 e. The van der Waals surface area contributed by atoms with Gasteiger partial charge in [-0.1, -0.05) is 97.4 Å². The van der Waals surface area contributed by atoms with Crippen LogP contribution < -0.4 is 10.4 Å². The molecule has 0 N–H and O–H groups in total. The lowest BCUT2D eigenvalue weighted by Gasteiger charge is -2.43. The zero-order valence-corrected chi connectivity index (χ0v) is 20.0. The molecule has 0 radical (unpaired) electrons. The largest absolute Gasteiger partial charge is 0.407 e. The number of ether oxygens (including phenoxy) is 1. The van der Waals surface area contributed by atoms with E-state index in [1.807, 2.05) is 0 Å². The van der Waals surface area contributed by atoms with Gasteiger partial charge in [-0.25, -0.2) is 0 Å². The van der Waals surface area contributed by atoms with Gasteiger partial charge < -0.3 is 9.16 Å². The molecular formula is C24H33BrO2Si. The highest BCUT2D eigenvalue weighted by Crippen LogP contribution is 2.37. The van der Waals surface area contributed by atoms with Gasteiger partial charge in [-0.15, -0.1) is 0 Å². The number of rotatable bonds is 8. The summed E-state index contributed by atoms with van der Waals surface area (Å²) in [5, 5.41) is 2.74. The highest BCUT2D eigenvalue weighted by molar-refractivity contribution is 9.09. The molecule has 1 heterocycles. The first-order valence-corrected chi connectivity index (χ1v) is 13.3. The predicted molar refractivity (Wildman–Crippen MR) is 124 cm³/mol. The van der Waals surface area contributed by atoms with Gasteiger partial charge in [-0.3, -0.25) is 0 Å². The van der Waals surface area contributed by atoms with Crippen LogP contribution in [0, 0.1) is 0 Å². The average molecular weight is 462 g/mol. The maximum atomic E-state index is 6.96. The van der Waals surface area contributed by atoms with Gasteiger partial charge in [-0.05, 0) is 41.1 Å². The summed E-state index contributed by atoms with van der Waals surface area (Å²) >= 11 is 3.85. The highest BCUT2D eigenvalue weighted by atomic mass is 79.9. The van der Waals surface area contributed by atoms with Crippen molar-refractivity contribution in [1.29, 1.82) is 0 Å². The summed E-state index contributed by atoms with van der Waals surface area (Å²) in [7, 11) is -2.40. The van der Waals surface area contributed by atoms with Crippen LogP contribution in [0.1, 0.15) is 46.5 Å². The Hall–Kier alpha value is -0.943. The molecule has 28 heavy (non-hydrogen) atoms. The molecule has 0 aromatic heterocycles. The topological polar surface area (TPSA) is 18.5 Å². The average Bonchev–Trinajstić information content (AvgIpc) is 3.23. The lowest BCUT2D eigenvalue weighted by molar-refractivity contribution is 0.107. The first-order chi connectivity index (χ1) is 13.4. The highest BCUT2D eigenvalue weighted by Gasteiger charge is 2.49. The number of alkyl halides is 1. The van der Waals surface area contributed by atoms with Crippen LogP contribution in [0.15, 0.2) is 60.7 Å². The van der Waals surface area contributed by atoms with Gasteiger partial charge in [0.15, 0.2) is 0 Å². The van der Waals surface area contributed by atoms with Gasteiger partial charge in [-0.2, -0.15) is 0 Å². The third kappa shape index (κ3) is 4.78. The van der Waals surface area contributed by atoms with Crippen LogP contribution in [0.25, 0.3) is 0 Å². The van der Waals surface area contributed by atoms with Crippen molar-refractivity contribution in [3.8, 4) is 0 Å². The van der Waals surface area contributed by atoms with Gasteiger partial charge in [0.05, 0.1) is 6.10 Å². The molecule has 4 heteroatoms. The van der Waals surface area contributed by atoms with E-state index in [1.54, 1.807) is 0 Å². The van der Waals surface area contributed by atoms with Crippen molar-refractivity contribution >= 4 is 34.6 Å². The van der Waals surface area contributed by atoms with E-state index in [-0.39, 0.29) is 5.04 Å². The fraction of sp³-hybridized carbons (Fsp3) is 0.500. The molecule has 152 valence electrons. The minimum absolute atomic E-state index is 0.0398. The summed E-state index contributed by atoms with van der Waals surface area (Å²) in [6.45, 7) is 8.68. The molecule has 2 aromatic rings. The molecule has 2 nitrogen and oxygen atoms in total. The van der Waals surface area contributed by atoms with E-state index in [9.17, 15) is 0 Å². The summed E-state index contributed by atoms with van der Waals surface area (Å²) < 4.78 is 12.8. The van der Waals surface area contributed by atoms with E-state index in [1.165, 1.54) is 23.2 Å². The molecule has 1 aliphatic rings. The Morgan fingerprint density at radius 2 is 1.61 bits per heavy atom. The van der Waals surface area contributed by atoms with Crippen LogP contribution in [-0.2, 0) is 9.16 Å². The second-order valence-electron chi connectivity index (χ2n) is 8.72. The maximum absolute atomic E-state index is 6.96. The summed E-state index contributed by atoms with van der Waals surface area (Å²) in [4.78, 5) is 0.428. The predicted octanol–water partition coefficient (Wildman–Crippen LogP) is 5.29. The quantitative estimate of drug-likeness (QED) is 0.302. The Balaban J connectivity index is 1.80. The first kappa shape index (κ1) is 21.8. The summed E-state index contributed by atoms with van der Waals surface area (Å²) in [5.41, 5.74) is 0. The lowest BCUT2D eigenvalue weighted by atomic mass is 10.1. The van der Waals surface area contributed by atoms with Gasteiger partial charge in [0.2, 0.25) is 0 Å². The minimum Gasteiger partial charge on any atom is -0.407 e. The van der Waals surface area contributed by atoms with Gasteiger partial charge in [0.1, 0.15) is 0 Å². The molecule has 1 aliphatic heterocycles. The third-order valence-electron chi connectivity index (χ3n) is 5.73. The van der Waals surface area contributed by atoms with E-state index in [2.05, 4.69) is 97.4 Å². The number of hydrogen-bond donors (Lipinski definition) is 0. The van der Waals surface area contributed by atoms with Crippen molar-refractivity contribution in [1.82, 2.24) is 0 Å². The van der Waals surface area contributed by atoms with E-state index in [0.29, 0.717) is 10.9 Å². The summed E-state index contributed by atoms with van der Waals surface area (Å²) in [5.74, 6) is 0. The van der Waals surface area contributed by atoms with Crippen LogP contribution in [0.4, 0.5) is 0 Å². The molecule has 0 saturated carbocycles. The van der Waals surface area contributed by atoms with Crippen LogP contribution in [0.2, 0.25) is 5.04 Å². The molecule has 2 aromatic carbocycles. The molecule has 1 saturated heterocycles.